The Kier molecular flexibility index (Phi) is 5.11. The topological polar surface area (TPSA) is 75.4 Å². The molecule has 1 aliphatic carbocycles. The molecule has 3 heterocycles. The number of carbonyl (C=O) groups is 2. The molecule has 0 aromatic carbocycles. The zero-order chi connectivity index (χ0) is 18.1. The molecule has 0 radical (unpaired) electrons. The van der Waals surface area contributed by atoms with Crippen LogP contribution in [-0.4, -0.2) is 29.8 Å². The Morgan fingerprint density at radius 3 is 2.88 bits per heavy atom. The Morgan fingerprint density at radius 1 is 1.19 bits per heavy atom. The van der Waals surface area contributed by atoms with Gasteiger partial charge in [0.25, 0.3) is 5.91 Å². The van der Waals surface area contributed by atoms with Gasteiger partial charge in [0.2, 0.25) is 5.91 Å². The number of aryl methyl sites for hydroxylation is 1. The molecule has 5 nitrogen and oxygen atoms in total. The lowest BCUT2D eigenvalue weighted by atomic mass is 9.95. The van der Waals surface area contributed by atoms with Crippen molar-refractivity contribution in [1.82, 2.24) is 4.90 Å². The summed E-state index contributed by atoms with van der Waals surface area (Å²) in [6.45, 7) is 2.66. The van der Waals surface area contributed by atoms with E-state index in [1.807, 2.05) is 11.3 Å². The van der Waals surface area contributed by atoms with Crippen LogP contribution in [-0.2, 0) is 30.6 Å². The minimum absolute atomic E-state index is 0.0396. The number of primary amides is 1. The predicted molar refractivity (Wildman–Crippen MR) is 106 cm³/mol. The molecule has 1 aliphatic heterocycles. The summed E-state index contributed by atoms with van der Waals surface area (Å²) in [7, 11) is 0. The lowest BCUT2D eigenvalue weighted by Gasteiger charge is -2.26. The first kappa shape index (κ1) is 17.7. The number of carbonyl (C=O) groups excluding carboxylic acids is 2. The molecular formula is C19H23N3O2S2. The summed E-state index contributed by atoms with van der Waals surface area (Å²) < 4.78 is 0. The fourth-order valence-electron chi connectivity index (χ4n) is 3.86. The molecule has 3 N–H and O–H groups in total. The van der Waals surface area contributed by atoms with Gasteiger partial charge in [0.05, 0.1) is 5.56 Å². The average Bonchev–Trinajstić information content (AvgIpc) is 3.23. The third-order valence-corrected chi connectivity index (χ3v) is 7.44. The van der Waals surface area contributed by atoms with Crippen molar-refractivity contribution in [2.45, 2.75) is 45.1 Å². The monoisotopic (exact) mass is 389 g/mol. The first-order valence-electron chi connectivity index (χ1n) is 9.13. The van der Waals surface area contributed by atoms with Crippen molar-refractivity contribution in [1.29, 1.82) is 0 Å². The van der Waals surface area contributed by atoms with E-state index in [2.05, 4.69) is 21.7 Å². The molecule has 2 amide bonds. The smallest absolute Gasteiger partial charge is 0.251 e. The Balaban J connectivity index is 1.38. The third kappa shape index (κ3) is 3.56. The molecule has 0 spiro atoms. The van der Waals surface area contributed by atoms with Gasteiger partial charge in [-0.05, 0) is 54.7 Å². The highest BCUT2D eigenvalue weighted by Crippen LogP contribution is 2.38. The molecule has 7 heteroatoms. The van der Waals surface area contributed by atoms with E-state index in [1.54, 1.807) is 0 Å². The summed E-state index contributed by atoms with van der Waals surface area (Å²) >= 11 is 3.35. The second-order valence-electron chi connectivity index (χ2n) is 6.97. The number of anilines is 1. The molecule has 0 atom stereocenters. The van der Waals surface area contributed by atoms with Crippen molar-refractivity contribution >= 4 is 39.5 Å². The SMILES string of the molecule is NC(=O)c1c(NC(=O)CCN2CCc3sccc3C2)sc2c1CCCC2. The fourth-order valence-corrected chi connectivity index (χ4v) is 6.06. The molecule has 0 saturated carbocycles. The van der Waals surface area contributed by atoms with Crippen molar-refractivity contribution in [3.05, 3.63) is 37.9 Å². The standard InChI is InChI=1S/C19H23N3O2S2/c20-18(24)17-13-3-1-2-4-15(13)26-19(17)21-16(23)6-9-22-8-5-14-12(11-22)7-10-25-14/h7,10H,1-6,8-9,11H2,(H2,20,24)(H,21,23). The zero-order valence-corrected chi connectivity index (χ0v) is 16.3. The van der Waals surface area contributed by atoms with Crippen molar-refractivity contribution in [2.75, 3.05) is 18.4 Å². The van der Waals surface area contributed by atoms with E-state index >= 15 is 0 Å². The maximum Gasteiger partial charge on any atom is 0.251 e. The van der Waals surface area contributed by atoms with Gasteiger partial charge >= 0.3 is 0 Å². The fraction of sp³-hybridized carbons (Fsp3) is 0.474. The molecule has 0 bridgehead atoms. The van der Waals surface area contributed by atoms with Gasteiger partial charge in [-0.3, -0.25) is 14.5 Å². The lowest BCUT2D eigenvalue weighted by Crippen LogP contribution is -2.32. The van der Waals surface area contributed by atoms with Crippen LogP contribution in [0, 0.1) is 0 Å². The number of rotatable bonds is 5. The molecule has 0 saturated heterocycles. The van der Waals surface area contributed by atoms with E-state index in [9.17, 15) is 9.59 Å². The van der Waals surface area contributed by atoms with Gasteiger partial charge in [-0.15, -0.1) is 22.7 Å². The van der Waals surface area contributed by atoms with E-state index in [-0.39, 0.29) is 5.91 Å². The summed E-state index contributed by atoms with van der Waals surface area (Å²) in [5, 5.41) is 5.75. The van der Waals surface area contributed by atoms with Crippen LogP contribution in [0.25, 0.3) is 0 Å². The number of hydrogen-bond acceptors (Lipinski definition) is 5. The summed E-state index contributed by atoms with van der Waals surface area (Å²) in [6.07, 6.45) is 5.58. The lowest BCUT2D eigenvalue weighted by molar-refractivity contribution is -0.116. The first-order valence-corrected chi connectivity index (χ1v) is 10.8. The number of thiophene rings is 2. The number of amides is 2. The van der Waals surface area contributed by atoms with E-state index < -0.39 is 5.91 Å². The molecule has 4 rings (SSSR count). The van der Waals surface area contributed by atoms with Crippen molar-refractivity contribution in [2.24, 2.45) is 5.73 Å². The van der Waals surface area contributed by atoms with Gasteiger partial charge in [0.1, 0.15) is 5.00 Å². The van der Waals surface area contributed by atoms with Gasteiger partial charge in [-0.25, -0.2) is 0 Å². The quantitative estimate of drug-likeness (QED) is 0.825. The Hall–Kier alpha value is -1.70. The molecule has 138 valence electrons. The van der Waals surface area contributed by atoms with Gasteiger partial charge in [0.15, 0.2) is 0 Å². The van der Waals surface area contributed by atoms with Gasteiger partial charge < -0.3 is 11.1 Å². The van der Waals surface area contributed by atoms with E-state index in [4.69, 9.17) is 5.73 Å². The molecule has 0 unspecified atom stereocenters. The van der Waals surface area contributed by atoms with Crippen LogP contribution in [0.5, 0.6) is 0 Å². The van der Waals surface area contributed by atoms with Gasteiger partial charge in [0, 0.05) is 35.8 Å². The maximum atomic E-state index is 12.5. The summed E-state index contributed by atoms with van der Waals surface area (Å²) in [4.78, 5) is 29.4. The number of hydrogen-bond donors (Lipinski definition) is 2. The van der Waals surface area contributed by atoms with E-state index in [0.717, 1.165) is 57.3 Å². The van der Waals surface area contributed by atoms with Gasteiger partial charge in [-0.1, -0.05) is 0 Å². The number of fused-ring (bicyclic) bond motifs is 2. The summed E-state index contributed by atoms with van der Waals surface area (Å²) in [5.74, 6) is -0.470. The Bertz CT molecular complexity index is 840. The van der Waals surface area contributed by atoms with Gasteiger partial charge in [-0.2, -0.15) is 0 Å². The predicted octanol–water partition coefficient (Wildman–Crippen LogP) is 3.17. The highest BCUT2D eigenvalue weighted by atomic mass is 32.1. The third-order valence-electron chi connectivity index (χ3n) is 5.21. The molecule has 26 heavy (non-hydrogen) atoms. The van der Waals surface area contributed by atoms with E-state index in [0.29, 0.717) is 17.0 Å². The molecule has 0 fully saturated rings. The number of nitrogens with two attached hydrogens (primary N) is 1. The zero-order valence-electron chi connectivity index (χ0n) is 14.7. The van der Waals surface area contributed by atoms with Crippen LogP contribution in [0.15, 0.2) is 11.4 Å². The number of nitrogens with zero attached hydrogens (tertiary/aromatic N) is 1. The van der Waals surface area contributed by atoms with Crippen molar-refractivity contribution in [3.63, 3.8) is 0 Å². The second kappa shape index (κ2) is 7.50. The van der Waals surface area contributed by atoms with Crippen LogP contribution >= 0.6 is 22.7 Å². The van der Waals surface area contributed by atoms with Crippen LogP contribution < -0.4 is 11.1 Å². The molecular weight excluding hydrogens is 366 g/mol. The molecule has 2 aromatic rings. The van der Waals surface area contributed by atoms with Crippen molar-refractivity contribution < 1.29 is 9.59 Å². The number of nitrogens with one attached hydrogen (secondary N) is 1. The normalized spacial score (nSPS) is 16.8. The molecule has 2 aliphatic rings. The molecule has 2 aromatic heterocycles. The van der Waals surface area contributed by atoms with Crippen LogP contribution in [0.1, 0.15) is 50.5 Å². The Morgan fingerprint density at radius 2 is 2.04 bits per heavy atom. The first-order chi connectivity index (χ1) is 12.6. The largest absolute Gasteiger partial charge is 0.365 e. The minimum atomic E-state index is -0.430. The maximum absolute atomic E-state index is 12.5. The average molecular weight is 390 g/mol. The summed E-state index contributed by atoms with van der Waals surface area (Å²) in [5.41, 5.74) is 8.59. The highest BCUT2D eigenvalue weighted by Gasteiger charge is 2.25. The van der Waals surface area contributed by atoms with Crippen molar-refractivity contribution in [3.8, 4) is 0 Å². The van der Waals surface area contributed by atoms with Crippen LogP contribution in [0.3, 0.4) is 0 Å². The van der Waals surface area contributed by atoms with Crippen LogP contribution in [0.2, 0.25) is 0 Å². The second-order valence-corrected chi connectivity index (χ2v) is 9.08. The summed E-state index contributed by atoms with van der Waals surface area (Å²) in [6, 6.07) is 2.18. The minimum Gasteiger partial charge on any atom is -0.365 e. The van der Waals surface area contributed by atoms with E-state index in [1.165, 1.54) is 26.7 Å². The van der Waals surface area contributed by atoms with Crippen LogP contribution in [0.4, 0.5) is 5.00 Å². The Labute approximate surface area is 161 Å². The highest BCUT2D eigenvalue weighted by molar-refractivity contribution is 7.17.